The van der Waals surface area contributed by atoms with Crippen molar-refractivity contribution in [3.63, 3.8) is 0 Å². The third-order valence-corrected chi connectivity index (χ3v) is 4.49. The molecule has 17 heavy (non-hydrogen) atoms. The van der Waals surface area contributed by atoms with E-state index in [0.29, 0.717) is 12.5 Å². The van der Waals surface area contributed by atoms with Crippen molar-refractivity contribution < 1.29 is 0 Å². The van der Waals surface area contributed by atoms with E-state index in [1.807, 2.05) is 11.3 Å². The molecule has 0 amide bonds. The second-order valence-corrected chi connectivity index (χ2v) is 6.00. The van der Waals surface area contributed by atoms with Gasteiger partial charge in [0, 0.05) is 16.1 Å². The van der Waals surface area contributed by atoms with Crippen LogP contribution in [0.5, 0.6) is 0 Å². The highest BCUT2D eigenvalue weighted by atomic mass is 32.1. The minimum atomic E-state index is 0.593. The van der Waals surface area contributed by atoms with Gasteiger partial charge in [-0.15, -0.1) is 11.3 Å². The predicted octanol–water partition coefficient (Wildman–Crippen LogP) is 4.44. The molecule has 0 saturated heterocycles. The third kappa shape index (κ3) is 2.38. The van der Waals surface area contributed by atoms with E-state index in [9.17, 15) is 0 Å². The Labute approximate surface area is 108 Å². The molecular formula is C15H21NS. The van der Waals surface area contributed by atoms with Crippen LogP contribution in [0, 0.1) is 0 Å². The monoisotopic (exact) mass is 247 g/mol. The first kappa shape index (κ1) is 12.6. The van der Waals surface area contributed by atoms with Gasteiger partial charge < -0.3 is 5.73 Å². The van der Waals surface area contributed by atoms with Crippen LogP contribution in [0.3, 0.4) is 0 Å². The summed E-state index contributed by atoms with van der Waals surface area (Å²) >= 11 is 1.86. The van der Waals surface area contributed by atoms with Crippen LogP contribution in [0.4, 0.5) is 0 Å². The molecule has 1 aromatic carbocycles. The van der Waals surface area contributed by atoms with E-state index in [2.05, 4.69) is 39.0 Å². The van der Waals surface area contributed by atoms with Crippen molar-refractivity contribution in [1.82, 2.24) is 0 Å². The standard InChI is InChI=1S/C15H21NS/c1-4-5-12-13-8-11(10(2)3)6-7-14(13)17-15(12)9-16/h6-8,10H,4-5,9,16H2,1-3H3. The highest BCUT2D eigenvalue weighted by Crippen LogP contribution is 2.34. The molecule has 0 aliphatic heterocycles. The SMILES string of the molecule is CCCc1c(CN)sc2ccc(C(C)C)cc12. The van der Waals surface area contributed by atoms with Gasteiger partial charge in [0.1, 0.15) is 0 Å². The van der Waals surface area contributed by atoms with E-state index in [1.165, 1.54) is 32.5 Å². The molecule has 1 heterocycles. The molecule has 1 nitrogen and oxygen atoms in total. The first-order chi connectivity index (χ1) is 8.17. The van der Waals surface area contributed by atoms with Gasteiger partial charge in [-0.1, -0.05) is 33.3 Å². The van der Waals surface area contributed by atoms with Crippen molar-refractivity contribution in [3.05, 3.63) is 34.2 Å². The maximum absolute atomic E-state index is 5.85. The summed E-state index contributed by atoms with van der Waals surface area (Å²) in [6.45, 7) is 7.40. The number of nitrogens with two attached hydrogens (primary N) is 1. The molecule has 0 unspecified atom stereocenters. The number of hydrogen-bond acceptors (Lipinski definition) is 2. The minimum Gasteiger partial charge on any atom is -0.326 e. The molecule has 0 atom stereocenters. The average molecular weight is 247 g/mol. The number of fused-ring (bicyclic) bond motifs is 1. The molecule has 0 aliphatic carbocycles. The number of aryl methyl sites for hydroxylation is 1. The first-order valence-electron chi connectivity index (χ1n) is 6.41. The summed E-state index contributed by atoms with van der Waals surface area (Å²) in [5.41, 5.74) is 8.76. The second-order valence-electron chi connectivity index (χ2n) is 4.87. The van der Waals surface area contributed by atoms with Gasteiger partial charge in [0.2, 0.25) is 0 Å². The van der Waals surface area contributed by atoms with Crippen molar-refractivity contribution in [3.8, 4) is 0 Å². The lowest BCUT2D eigenvalue weighted by Crippen LogP contribution is -1.97. The zero-order valence-corrected chi connectivity index (χ0v) is 11.7. The molecule has 0 saturated carbocycles. The summed E-state index contributed by atoms with van der Waals surface area (Å²) in [6.07, 6.45) is 2.33. The van der Waals surface area contributed by atoms with Crippen molar-refractivity contribution in [2.75, 3.05) is 0 Å². The Hall–Kier alpha value is -0.860. The number of hydrogen-bond donors (Lipinski definition) is 1. The van der Waals surface area contributed by atoms with Gasteiger partial charge in [0.25, 0.3) is 0 Å². The molecule has 0 spiro atoms. The van der Waals surface area contributed by atoms with Gasteiger partial charge in [-0.05, 0) is 41.0 Å². The Bertz CT molecular complexity index is 511. The topological polar surface area (TPSA) is 26.0 Å². The van der Waals surface area contributed by atoms with Gasteiger partial charge in [-0.2, -0.15) is 0 Å². The maximum atomic E-state index is 5.85. The number of rotatable bonds is 4. The van der Waals surface area contributed by atoms with Gasteiger partial charge in [0.05, 0.1) is 0 Å². The van der Waals surface area contributed by atoms with Crippen molar-refractivity contribution in [2.24, 2.45) is 5.73 Å². The van der Waals surface area contributed by atoms with Crippen LogP contribution in [0.1, 0.15) is 49.1 Å². The van der Waals surface area contributed by atoms with Gasteiger partial charge in [0.15, 0.2) is 0 Å². The Morgan fingerprint density at radius 2 is 2.06 bits per heavy atom. The zero-order chi connectivity index (χ0) is 12.4. The number of thiophene rings is 1. The molecule has 2 rings (SSSR count). The molecule has 1 aromatic heterocycles. The molecule has 2 N–H and O–H groups in total. The lowest BCUT2D eigenvalue weighted by atomic mass is 9.98. The fourth-order valence-electron chi connectivity index (χ4n) is 2.27. The average Bonchev–Trinajstić information content (AvgIpc) is 2.67. The summed E-state index contributed by atoms with van der Waals surface area (Å²) < 4.78 is 1.39. The van der Waals surface area contributed by atoms with Crippen molar-refractivity contribution >= 4 is 21.4 Å². The van der Waals surface area contributed by atoms with Crippen LogP contribution in [-0.4, -0.2) is 0 Å². The highest BCUT2D eigenvalue weighted by Gasteiger charge is 2.11. The Morgan fingerprint density at radius 1 is 1.29 bits per heavy atom. The smallest absolute Gasteiger partial charge is 0.0349 e. The van der Waals surface area contributed by atoms with Crippen LogP contribution in [0.15, 0.2) is 18.2 Å². The van der Waals surface area contributed by atoms with E-state index in [-0.39, 0.29) is 0 Å². The van der Waals surface area contributed by atoms with Crippen LogP contribution in [0.2, 0.25) is 0 Å². The van der Waals surface area contributed by atoms with Gasteiger partial charge in [-0.3, -0.25) is 0 Å². The maximum Gasteiger partial charge on any atom is 0.0349 e. The molecule has 0 bridgehead atoms. The summed E-state index contributed by atoms with van der Waals surface area (Å²) in [7, 11) is 0. The van der Waals surface area contributed by atoms with Crippen LogP contribution < -0.4 is 5.73 Å². The van der Waals surface area contributed by atoms with Crippen LogP contribution in [0.25, 0.3) is 10.1 Å². The molecule has 0 radical (unpaired) electrons. The lowest BCUT2D eigenvalue weighted by molar-refractivity contribution is 0.867. The Kier molecular flexibility index (Phi) is 3.85. The summed E-state index contributed by atoms with van der Waals surface area (Å²) in [5.74, 6) is 0.593. The van der Waals surface area contributed by atoms with E-state index >= 15 is 0 Å². The predicted molar refractivity (Wildman–Crippen MR) is 77.8 cm³/mol. The zero-order valence-electron chi connectivity index (χ0n) is 10.9. The fourth-order valence-corrected chi connectivity index (χ4v) is 3.38. The third-order valence-electron chi connectivity index (χ3n) is 3.25. The van der Waals surface area contributed by atoms with Crippen molar-refractivity contribution in [2.45, 2.75) is 46.1 Å². The van der Waals surface area contributed by atoms with Crippen LogP contribution >= 0.6 is 11.3 Å². The normalized spacial score (nSPS) is 11.6. The quantitative estimate of drug-likeness (QED) is 0.849. The summed E-state index contributed by atoms with van der Waals surface area (Å²) in [5, 5.41) is 1.43. The van der Waals surface area contributed by atoms with E-state index < -0.39 is 0 Å². The molecule has 92 valence electrons. The first-order valence-corrected chi connectivity index (χ1v) is 7.23. The van der Waals surface area contributed by atoms with Crippen molar-refractivity contribution in [1.29, 1.82) is 0 Å². The lowest BCUT2D eigenvalue weighted by Gasteiger charge is -2.06. The van der Waals surface area contributed by atoms with E-state index in [1.54, 1.807) is 0 Å². The molecule has 0 fully saturated rings. The highest BCUT2D eigenvalue weighted by molar-refractivity contribution is 7.19. The van der Waals surface area contributed by atoms with Gasteiger partial charge >= 0.3 is 0 Å². The Morgan fingerprint density at radius 3 is 2.65 bits per heavy atom. The second kappa shape index (κ2) is 5.19. The summed E-state index contributed by atoms with van der Waals surface area (Å²) in [6, 6.07) is 6.87. The van der Waals surface area contributed by atoms with Crippen LogP contribution in [-0.2, 0) is 13.0 Å². The molecule has 2 aromatic rings. The van der Waals surface area contributed by atoms with E-state index in [4.69, 9.17) is 5.73 Å². The fraction of sp³-hybridized carbons (Fsp3) is 0.467. The molecule has 2 heteroatoms. The summed E-state index contributed by atoms with van der Waals surface area (Å²) in [4.78, 5) is 1.36. The largest absolute Gasteiger partial charge is 0.326 e. The molecular weight excluding hydrogens is 226 g/mol. The number of benzene rings is 1. The van der Waals surface area contributed by atoms with E-state index in [0.717, 1.165) is 6.42 Å². The molecule has 0 aliphatic rings. The Balaban J connectivity index is 2.60. The minimum absolute atomic E-state index is 0.593. The van der Waals surface area contributed by atoms with Gasteiger partial charge in [-0.25, -0.2) is 0 Å².